The number of carbonyl (C=O) groups is 1. The SMILES string of the molecule is CC(CNC(=O)N1CCCCC1)c1ccccc1. The molecule has 1 heterocycles. The summed E-state index contributed by atoms with van der Waals surface area (Å²) < 4.78 is 0. The van der Waals surface area contributed by atoms with Gasteiger partial charge in [0.25, 0.3) is 0 Å². The van der Waals surface area contributed by atoms with Crippen LogP contribution < -0.4 is 5.32 Å². The van der Waals surface area contributed by atoms with E-state index in [0.29, 0.717) is 12.5 Å². The molecule has 1 atom stereocenters. The van der Waals surface area contributed by atoms with Gasteiger partial charge in [0.2, 0.25) is 0 Å². The van der Waals surface area contributed by atoms with Crippen LogP contribution in [0.25, 0.3) is 0 Å². The molecule has 3 heteroatoms. The summed E-state index contributed by atoms with van der Waals surface area (Å²) in [5.41, 5.74) is 1.27. The van der Waals surface area contributed by atoms with Crippen LogP contribution in [0.5, 0.6) is 0 Å². The molecule has 3 nitrogen and oxygen atoms in total. The summed E-state index contributed by atoms with van der Waals surface area (Å²) in [4.78, 5) is 13.9. The fourth-order valence-corrected chi connectivity index (χ4v) is 2.35. The average molecular weight is 246 g/mol. The van der Waals surface area contributed by atoms with Crippen LogP contribution in [0.2, 0.25) is 0 Å². The molecular weight excluding hydrogens is 224 g/mol. The Balaban J connectivity index is 1.78. The van der Waals surface area contributed by atoms with E-state index in [-0.39, 0.29) is 6.03 Å². The predicted molar refractivity (Wildman–Crippen MR) is 73.7 cm³/mol. The molecule has 1 aromatic rings. The van der Waals surface area contributed by atoms with Crippen LogP contribution in [0, 0.1) is 0 Å². The largest absolute Gasteiger partial charge is 0.337 e. The molecule has 18 heavy (non-hydrogen) atoms. The van der Waals surface area contributed by atoms with E-state index < -0.39 is 0 Å². The van der Waals surface area contributed by atoms with Gasteiger partial charge in [0, 0.05) is 19.6 Å². The van der Waals surface area contributed by atoms with Crippen LogP contribution in [0.3, 0.4) is 0 Å². The van der Waals surface area contributed by atoms with E-state index in [0.717, 1.165) is 25.9 Å². The van der Waals surface area contributed by atoms with Crippen LogP contribution >= 0.6 is 0 Å². The van der Waals surface area contributed by atoms with Gasteiger partial charge < -0.3 is 10.2 Å². The Morgan fingerprint density at radius 1 is 1.22 bits per heavy atom. The molecule has 1 unspecified atom stereocenters. The summed E-state index contributed by atoms with van der Waals surface area (Å²) >= 11 is 0. The maximum absolute atomic E-state index is 11.9. The van der Waals surface area contributed by atoms with Crippen molar-refractivity contribution in [2.24, 2.45) is 0 Å². The number of piperidine rings is 1. The predicted octanol–water partition coefficient (Wildman–Crippen LogP) is 2.99. The van der Waals surface area contributed by atoms with Gasteiger partial charge in [-0.1, -0.05) is 37.3 Å². The van der Waals surface area contributed by atoms with Gasteiger partial charge in [0.1, 0.15) is 0 Å². The van der Waals surface area contributed by atoms with Crippen molar-refractivity contribution in [2.75, 3.05) is 19.6 Å². The van der Waals surface area contributed by atoms with Gasteiger partial charge in [-0.3, -0.25) is 0 Å². The second-order valence-electron chi connectivity index (χ2n) is 5.05. The number of carbonyl (C=O) groups excluding carboxylic acids is 1. The third-order valence-corrected chi connectivity index (χ3v) is 3.57. The van der Waals surface area contributed by atoms with Crippen LogP contribution in [-0.4, -0.2) is 30.6 Å². The second kappa shape index (κ2) is 6.43. The molecule has 0 spiro atoms. The molecule has 0 aliphatic carbocycles. The van der Waals surface area contributed by atoms with Crippen molar-refractivity contribution in [3.05, 3.63) is 35.9 Å². The zero-order valence-corrected chi connectivity index (χ0v) is 11.1. The van der Waals surface area contributed by atoms with Crippen LogP contribution in [-0.2, 0) is 0 Å². The first-order chi connectivity index (χ1) is 8.77. The highest BCUT2D eigenvalue weighted by Crippen LogP contribution is 2.14. The lowest BCUT2D eigenvalue weighted by atomic mass is 10.0. The Labute approximate surface area is 109 Å². The molecule has 1 aliphatic rings. The van der Waals surface area contributed by atoms with Gasteiger partial charge in [0.15, 0.2) is 0 Å². The summed E-state index contributed by atoms with van der Waals surface area (Å²) in [7, 11) is 0. The average Bonchev–Trinajstić information content (AvgIpc) is 2.46. The lowest BCUT2D eigenvalue weighted by Crippen LogP contribution is -2.43. The number of rotatable bonds is 3. The zero-order chi connectivity index (χ0) is 12.8. The Morgan fingerprint density at radius 3 is 2.56 bits per heavy atom. The van der Waals surface area contributed by atoms with Crippen molar-refractivity contribution in [2.45, 2.75) is 32.1 Å². The van der Waals surface area contributed by atoms with E-state index in [4.69, 9.17) is 0 Å². The molecule has 1 aliphatic heterocycles. The third-order valence-electron chi connectivity index (χ3n) is 3.57. The first kappa shape index (κ1) is 12.9. The maximum Gasteiger partial charge on any atom is 0.317 e. The highest BCUT2D eigenvalue weighted by Gasteiger charge is 2.16. The fraction of sp³-hybridized carbons (Fsp3) is 0.533. The molecule has 1 saturated heterocycles. The molecule has 0 aromatic heterocycles. The number of benzene rings is 1. The third kappa shape index (κ3) is 3.49. The number of hydrogen-bond acceptors (Lipinski definition) is 1. The number of urea groups is 1. The number of hydrogen-bond donors (Lipinski definition) is 1. The van der Waals surface area contributed by atoms with Crippen LogP contribution in [0.15, 0.2) is 30.3 Å². The molecule has 0 radical (unpaired) electrons. The summed E-state index contributed by atoms with van der Waals surface area (Å²) in [6.45, 7) is 4.67. The quantitative estimate of drug-likeness (QED) is 0.873. The first-order valence-corrected chi connectivity index (χ1v) is 6.85. The highest BCUT2D eigenvalue weighted by molar-refractivity contribution is 5.74. The molecule has 0 bridgehead atoms. The first-order valence-electron chi connectivity index (χ1n) is 6.85. The maximum atomic E-state index is 11.9. The Hall–Kier alpha value is -1.51. The Kier molecular flexibility index (Phi) is 4.62. The van der Waals surface area contributed by atoms with Gasteiger partial charge in [0.05, 0.1) is 0 Å². The summed E-state index contributed by atoms with van der Waals surface area (Å²) in [6.07, 6.45) is 3.54. The number of nitrogens with zero attached hydrogens (tertiary/aromatic N) is 1. The van der Waals surface area contributed by atoms with Crippen LogP contribution in [0.4, 0.5) is 4.79 Å². The molecular formula is C15H22N2O. The van der Waals surface area contributed by atoms with Crippen molar-refractivity contribution in [1.29, 1.82) is 0 Å². The minimum Gasteiger partial charge on any atom is -0.337 e. The molecule has 1 N–H and O–H groups in total. The van der Waals surface area contributed by atoms with Gasteiger partial charge in [-0.05, 0) is 30.7 Å². The summed E-state index contributed by atoms with van der Waals surface area (Å²) in [5, 5.41) is 3.04. The molecule has 1 fully saturated rings. The van der Waals surface area contributed by atoms with Crippen molar-refractivity contribution in [3.8, 4) is 0 Å². The second-order valence-corrected chi connectivity index (χ2v) is 5.05. The van der Waals surface area contributed by atoms with Crippen molar-refractivity contribution in [1.82, 2.24) is 10.2 Å². The van der Waals surface area contributed by atoms with Crippen molar-refractivity contribution in [3.63, 3.8) is 0 Å². The monoisotopic (exact) mass is 246 g/mol. The number of nitrogens with one attached hydrogen (secondary N) is 1. The van der Waals surface area contributed by atoms with E-state index in [1.807, 2.05) is 23.1 Å². The topological polar surface area (TPSA) is 32.3 Å². The number of likely N-dealkylation sites (tertiary alicyclic amines) is 1. The summed E-state index contributed by atoms with van der Waals surface area (Å²) in [5.74, 6) is 0.361. The number of amides is 2. The standard InChI is InChI=1S/C15H22N2O/c1-13(14-8-4-2-5-9-14)12-16-15(18)17-10-6-3-7-11-17/h2,4-5,8-9,13H,3,6-7,10-12H2,1H3,(H,16,18). The zero-order valence-electron chi connectivity index (χ0n) is 11.1. The molecule has 1 aromatic carbocycles. The van der Waals surface area contributed by atoms with Gasteiger partial charge in [-0.25, -0.2) is 4.79 Å². The minimum atomic E-state index is 0.0949. The molecule has 2 rings (SSSR count). The van der Waals surface area contributed by atoms with E-state index >= 15 is 0 Å². The van der Waals surface area contributed by atoms with E-state index in [1.54, 1.807) is 0 Å². The smallest absolute Gasteiger partial charge is 0.317 e. The van der Waals surface area contributed by atoms with Crippen molar-refractivity contribution < 1.29 is 4.79 Å². The van der Waals surface area contributed by atoms with Gasteiger partial charge >= 0.3 is 6.03 Å². The van der Waals surface area contributed by atoms with Crippen molar-refractivity contribution >= 4 is 6.03 Å². The Bertz CT molecular complexity index is 371. The molecule has 2 amide bonds. The minimum absolute atomic E-state index is 0.0949. The van der Waals surface area contributed by atoms with Gasteiger partial charge in [-0.2, -0.15) is 0 Å². The lowest BCUT2D eigenvalue weighted by Gasteiger charge is -2.27. The van der Waals surface area contributed by atoms with E-state index in [1.165, 1.54) is 12.0 Å². The molecule has 0 saturated carbocycles. The van der Waals surface area contributed by atoms with E-state index in [2.05, 4.69) is 24.4 Å². The normalized spacial score (nSPS) is 17.3. The molecule has 98 valence electrons. The highest BCUT2D eigenvalue weighted by atomic mass is 16.2. The lowest BCUT2D eigenvalue weighted by molar-refractivity contribution is 0.186. The summed E-state index contributed by atoms with van der Waals surface area (Å²) in [6, 6.07) is 10.4. The Morgan fingerprint density at radius 2 is 1.89 bits per heavy atom. The van der Waals surface area contributed by atoms with Crippen LogP contribution in [0.1, 0.15) is 37.7 Å². The fourth-order valence-electron chi connectivity index (χ4n) is 2.35. The van der Waals surface area contributed by atoms with E-state index in [9.17, 15) is 4.79 Å². The van der Waals surface area contributed by atoms with Gasteiger partial charge in [-0.15, -0.1) is 0 Å².